The molecule has 0 saturated carbocycles. The Bertz CT molecular complexity index is 990. The van der Waals surface area contributed by atoms with Crippen molar-refractivity contribution >= 4 is 27.0 Å². The highest BCUT2D eigenvalue weighted by atomic mass is 32.2. The SMILES string of the molecule is CS(=O)(=O)c1ccc(C2=CC(C(=O)O)C=C2c2ccc(F)cn2)cc1. The highest BCUT2D eigenvalue weighted by Gasteiger charge is 2.25. The molecule has 1 heterocycles. The van der Waals surface area contributed by atoms with Gasteiger partial charge in [-0.1, -0.05) is 24.3 Å². The lowest BCUT2D eigenvalue weighted by molar-refractivity contribution is -0.138. The molecule has 1 unspecified atom stereocenters. The van der Waals surface area contributed by atoms with Crippen molar-refractivity contribution in [1.29, 1.82) is 0 Å². The van der Waals surface area contributed by atoms with Crippen molar-refractivity contribution in [1.82, 2.24) is 4.98 Å². The first-order valence-electron chi connectivity index (χ1n) is 7.35. The summed E-state index contributed by atoms with van der Waals surface area (Å²) in [5.74, 6) is -2.33. The number of hydrogen-bond acceptors (Lipinski definition) is 4. The van der Waals surface area contributed by atoms with Crippen LogP contribution in [0.5, 0.6) is 0 Å². The van der Waals surface area contributed by atoms with E-state index in [1.54, 1.807) is 24.3 Å². The average molecular weight is 359 g/mol. The third kappa shape index (κ3) is 3.51. The van der Waals surface area contributed by atoms with Crippen molar-refractivity contribution in [2.75, 3.05) is 6.26 Å². The third-order valence-electron chi connectivity index (χ3n) is 3.86. The van der Waals surface area contributed by atoms with Gasteiger partial charge in [-0.15, -0.1) is 0 Å². The summed E-state index contributed by atoms with van der Waals surface area (Å²) in [4.78, 5) is 15.5. The summed E-state index contributed by atoms with van der Waals surface area (Å²) in [5, 5.41) is 9.29. The maximum Gasteiger partial charge on any atom is 0.314 e. The highest BCUT2D eigenvalue weighted by molar-refractivity contribution is 7.90. The molecule has 0 saturated heterocycles. The monoisotopic (exact) mass is 359 g/mol. The van der Waals surface area contributed by atoms with Gasteiger partial charge in [0.25, 0.3) is 0 Å². The van der Waals surface area contributed by atoms with E-state index in [2.05, 4.69) is 4.98 Å². The highest BCUT2D eigenvalue weighted by Crippen LogP contribution is 2.38. The molecule has 0 fully saturated rings. The van der Waals surface area contributed by atoms with Crippen molar-refractivity contribution in [3.05, 3.63) is 71.8 Å². The number of halogens is 1. The maximum atomic E-state index is 13.1. The summed E-state index contributed by atoms with van der Waals surface area (Å²) in [6.07, 6.45) is 5.29. The first kappa shape index (κ1) is 17.0. The minimum absolute atomic E-state index is 0.176. The number of carbonyl (C=O) groups is 1. The Balaban J connectivity index is 2.05. The average Bonchev–Trinajstić information content (AvgIpc) is 3.00. The summed E-state index contributed by atoms with van der Waals surface area (Å²) in [6.45, 7) is 0. The van der Waals surface area contributed by atoms with E-state index in [1.165, 1.54) is 24.3 Å². The van der Waals surface area contributed by atoms with Crippen LogP contribution in [-0.4, -0.2) is 30.7 Å². The zero-order chi connectivity index (χ0) is 18.2. The van der Waals surface area contributed by atoms with Gasteiger partial charge in [0.15, 0.2) is 9.84 Å². The molecule has 3 rings (SSSR count). The van der Waals surface area contributed by atoms with E-state index >= 15 is 0 Å². The molecule has 1 aliphatic rings. The van der Waals surface area contributed by atoms with Gasteiger partial charge in [0, 0.05) is 11.8 Å². The number of rotatable bonds is 4. The van der Waals surface area contributed by atoms with E-state index in [9.17, 15) is 22.7 Å². The quantitative estimate of drug-likeness (QED) is 0.907. The van der Waals surface area contributed by atoms with Crippen molar-refractivity contribution in [3.8, 4) is 0 Å². The summed E-state index contributed by atoms with van der Waals surface area (Å²) < 4.78 is 36.3. The normalized spacial score (nSPS) is 17.1. The zero-order valence-electron chi connectivity index (χ0n) is 13.2. The lowest BCUT2D eigenvalue weighted by Crippen LogP contribution is -2.05. The zero-order valence-corrected chi connectivity index (χ0v) is 14.0. The fraction of sp³-hybridized carbons (Fsp3) is 0.111. The van der Waals surface area contributed by atoms with Crippen LogP contribution in [-0.2, 0) is 14.6 Å². The smallest absolute Gasteiger partial charge is 0.314 e. The number of carboxylic acids is 1. The Morgan fingerprint density at radius 1 is 1.08 bits per heavy atom. The fourth-order valence-corrected chi connectivity index (χ4v) is 3.25. The van der Waals surface area contributed by atoms with Crippen LogP contribution in [0.3, 0.4) is 0 Å². The molecule has 1 atom stereocenters. The maximum absolute atomic E-state index is 13.1. The van der Waals surface area contributed by atoms with Gasteiger partial charge in [-0.2, -0.15) is 0 Å². The first-order valence-corrected chi connectivity index (χ1v) is 9.24. The second-order valence-electron chi connectivity index (χ2n) is 5.68. The Labute approximate surface area is 144 Å². The van der Waals surface area contributed by atoms with Crippen LogP contribution in [0.15, 0.2) is 59.6 Å². The van der Waals surface area contributed by atoms with Crippen LogP contribution in [0.4, 0.5) is 4.39 Å². The summed E-state index contributed by atoms with van der Waals surface area (Å²) >= 11 is 0. The van der Waals surface area contributed by atoms with Crippen LogP contribution < -0.4 is 0 Å². The third-order valence-corrected chi connectivity index (χ3v) is 4.99. The van der Waals surface area contributed by atoms with Crippen molar-refractivity contribution in [2.45, 2.75) is 4.90 Å². The molecule has 0 amide bonds. The van der Waals surface area contributed by atoms with Crippen molar-refractivity contribution in [2.24, 2.45) is 5.92 Å². The Hall–Kier alpha value is -2.80. The molecule has 1 aliphatic carbocycles. The Kier molecular flexibility index (Phi) is 4.26. The summed E-state index contributed by atoms with van der Waals surface area (Å²) in [6, 6.07) is 8.89. The van der Waals surface area contributed by atoms with E-state index < -0.39 is 27.5 Å². The largest absolute Gasteiger partial charge is 0.481 e. The van der Waals surface area contributed by atoms with Gasteiger partial charge in [-0.25, -0.2) is 12.8 Å². The molecule has 25 heavy (non-hydrogen) atoms. The molecule has 1 aromatic carbocycles. The van der Waals surface area contributed by atoms with Gasteiger partial charge in [0.2, 0.25) is 0 Å². The second-order valence-corrected chi connectivity index (χ2v) is 7.70. The number of carboxylic acid groups (broad SMARTS) is 1. The molecule has 5 nitrogen and oxygen atoms in total. The Morgan fingerprint density at radius 3 is 2.24 bits per heavy atom. The molecule has 0 spiro atoms. The number of hydrogen-bond donors (Lipinski definition) is 1. The number of sulfone groups is 1. The van der Waals surface area contributed by atoms with Crippen LogP contribution in [0.1, 0.15) is 11.3 Å². The standard InChI is InChI=1S/C18H14FNO4S/c1-25(23,24)14-5-2-11(3-6-14)15-8-12(18(21)22)9-16(15)17-7-4-13(19)10-20-17/h2-10,12H,1H3,(H,21,22). The second kappa shape index (κ2) is 6.25. The molecule has 0 radical (unpaired) electrons. The van der Waals surface area contributed by atoms with Crippen molar-refractivity contribution in [3.63, 3.8) is 0 Å². The lowest BCUT2D eigenvalue weighted by atomic mass is 9.98. The molecular weight excluding hydrogens is 345 g/mol. The van der Waals surface area contributed by atoms with Gasteiger partial charge < -0.3 is 5.11 Å². The van der Waals surface area contributed by atoms with Crippen LogP contribution in [0.25, 0.3) is 11.1 Å². The fourth-order valence-electron chi connectivity index (χ4n) is 2.62. The van der Waals surface area contributed by atoms with Gasteiger partial charge in [0.1, 0.15) is 5.82 Å². The molecule has 7 heteroatoms. The number of nitrogens with zero attached hydrogens (tertiary/aromatic N) is 1. The van der Waals surface area contributed by atoms with Crippen LogP contribution in [0.2, 0.25) is 0 Å². The van der Waals surface area contributed by atoms with Crippen LogP contribution >= 0.6 is 0 Å². The van der Waals surface area contributed by atoms with E-state index in [4.69, 9.17) is 0 Å². The molecule has 0 bridgehead atoms. The molecule has 128 valence electrons. The number of allylic oxidation sites excluding steroid dienone is 2. The predicted molar refractivity (Wildman–Crippen MR) is 90.8 cm³/mol. The van der Waals surface area contributed by atoms with Gasteiger partial charge in [-0.3, -0.25) is 9.78 Å². The summed E-state index contributed by atoms with van der Waals surface area (Å²) in [5.41, 5.74) is 2.29. The van der Waals surface area contributed by atoms with Gasteiger partial charge in [-0.05, 0) is 35.4 Å². The molecule has 2 aromatic rings. The molecular formula is C18H14FNO4S. The van der Waals surface area contributed by atoms with Crippen molar-refractivity contribution < 1.29 is 22.7 Å². The number of aromatic nitrogens is 1. The number of aliphatic carboxylic acids is 1. The number of benzene rings is 1. The summed E-state index contributed by atoms with van der Waals surface area (Å²) in [7, 11) is -3.32. The molecule has 1 aromatic heterocycles. The van der Waals surface area contributed by atoms with E-state index in [1.807, 2.05) is 0 Å². The van der Waals surface area contributed by atoms with Crippen LogP contribution in [0, 0.1) is 11.7 Å². The van der Waals surface area contributed by atoms with E-state index in [-0.39, 0.29) is 4.90 Å². The van der Waals surface area contributed by atoms with Gasteiger partial charge >= 0.3 is 5.97 Å². The Morgan fingerprint density at radius 2 is 1.72 bits per heavy atom. The predicted octanol–water partition coefficient (Wildman–Crippen LogP) is 2.81. The molecule has 1 N–H and O–H groups in total. The minimum Gasteiger partial charge on any atom is -0.481 e. The van der Waals surface area contributed by atoms with Gasteiger partial charge in [0.05, 0.1) is 22.7 Å². The van der Waals surface area contributed by atoms with E-state index in [0.717, 1.165) is 12.5 Å². The first-order chi connectivity index (χ1) is 11.8. The lowest BCUT2D eigenvalue weighted by Gasteiger charge is -2.09. The minimum atomic E-state index is -3.32. The topological polar surface area (TPSA) is 84.3 Å². The number of pyridine rings is 1. The van der Waals surface area contributed by atoms with E-state index in [0.29, 0.717) is 22.4 Å². The molecule has 0 aliphatic heterocycles.